The second-order valence-electron chi connectivity index (χ2n) is 9.24. The first-order chi connectivity index (χ1) is 16.4. The van der Waals surface area contributed by atoms with Crippen molar-refractivity contribution in [3.63, 3.8) is 0 Å². The van der Waals surface area contributed by atoms with E-state index >= 15 is 0 Å². The van der Waals surface area contributed by atoms with E-state index in [0.29, 0.717) is 23.7 Å². The number of rotatable bonds is 12. The summed E-state index contributed by atoms with van der Waals surface area (Å²) >= 11 is 6.12. The smallest absolute Gasteiger partial charge is 0.242 e. The average Bonchev–Trinajstić information content (AvgIpc) is 2.78. The van der Waals surface area contributed by atoms with E-state index < -0.39 is 16.1 Å². The van der Waals surface area contributed by atoms with Crippen LogP contribution in [0.1, 0.15) is 44.7 Å². The first-order valence-electron chi connectivity index (χ1n) is 11.7. The number of benzene rings is 2. The van der Waals surface area contributed by atoms with Crippen LogP contribution in [-0.4, -0.2) is 50.5 Å². The van der Waals surface area contributed by atoms with Crippen molar-refractivity contribution >= 4 is 39.1 Å². The highest BCUT2D eigenvalue weighted by Crippen LogP contribution is 2.20. The van der Waals surface area contributed by atoms with Gasteiger partial charge in [-0.2, -0.15) is 0 Å². The third kappa shape index (κ3) is 9.18. The normalized spacial score (nSPS) is 12.3. The molecule has 0 heterocycles. The van der Waals surface area contributed by atoms with Gasteiger partial charge in [-0.25, -0.2) is 8.42 Å². The molecule has 192 valence electrons. The summed E-state index contributed by atoms with van der Waals surface area (Å²) in [6.45, 7) is 8.54. The van der Waals surface area contributed by atoms with Gasteiger partial charge in [0.2, 0.25) is 21.8 Å². The first-order valence-corrected chi connectivity index (χ1v) is 14.0. The predicted octanol–water partition coefficient (Wildman–Crippen LogP) is 4.38. The lowest BCUT2D eigenvalue weighted by atomic mass is 10.1. The second kappa shape index (κ2) is 12.9. The van der Waals surface area contributed by atoms with Crippen LogP contribution in [0.15, 0.2) is 48.5 Å². The molecule has 0 saturated carbocycles. The second-order valence-corrected chi connectivity index (χ2v) is 11.6. The Morgan fingerprint density at radius 3 is 2.29 bits per heavy atom. The molecule has 0 radical (unpaired) electrons. The molecule has 2 amide bonds. The number of hydrogen-bond acceptors (Lipinski definition) is 4. The summed E-state index contributed by atoms with van der Waals surface area (Å²) in [5.41, 5.74) is 2.40. The molecule has 2 aromatic rings. The van der Waals surface area contributed by atoms with Gasteiger partial charge in [-0.1, -0.05) is 55.3 Å². The zero-order valence-corrected chi connectivity index (χ0v) is 22.7. The number of halogens is 1. The number of nitrogens with one attached hydrogen (secondary N) is 1. The standard InChI is InChI=1S/C26H36ClN3O4S/c1-19(2)17-28-26(32)21(4)29(18-22-8-6-9-23(27)16-22)25(31)10-7-15-30(35(5,33)34)24-13-11-20(3)12-14-24/h6,8-9,11-14,16,19,21H,7,10,15,17-18H2,1-5H3,(H,28,32)/t21-/m0/s1. The number of carbonyl (C=O) groups is 2. The Bertz CT molecular complexity index is 1100. The Morgan fingerprint density at radius 2 is 1.71 bits per heavy atom. The van der Waals surface area contributed by atoms with Gasteiger partial charge in [-0.05, 0) is 56.0 Å². The van der Waals surface area contributed by atoms with Crippen LogP contribution in [0.5, 0.6) is 0 Å². The first kappa shape index (κ1) is 28.7. The number of nitrogens with zero attached hydrogens (tertiary/aromatic N) is 2. The Kier molecular flexibility index (Phi) is 10.6. The molecule has 0 saturated heterocycles. The summed E-state index contributed by atoms with van der Waals surface area (Å²) in [5, 5.41) is 3.44. The van der Waals surface area contributed by atoms with Crippen molar-refractivity contribution in [3.05, 3.63) is 64.7 Å². The Morgan fingerprint density at radius 1 is 1.06 bits per heavy atom. The molecule has 0 fully saturated rings. The van der Waals surface area contributed by atoms with Crippen LogP contribution < -0.4 is 9.62 Å². The molecule has 0 aliphatic heterocycles. The van der Waals surface area contributed by atoms with Gasteiger partial charge in [0.15, 0.2) is 0 Å². The van der Waals surface area contributed by atoms with Crippen molar-refractivity contribution < 1.29 is 18.0 Å². The third-order valence-electron chi connectivity index (χ3n) is 5.57. The maximum atomic E-state index is 13.3. The fourth-order valence-electron chi connectivity index (χ4n) is 3.58. The van der Waals surface area contributed by atoms with Crippen molar-refractivity contribution in [2.45, 2.75) is 53.1 Å². The number of sulfonamides is 1. The van der Waals surface area contributed by atoms with Crippen molar-refractivity contribution in [2.75, 3.05) is 23.7 Å². The maximum absolute atomic E-state index is 13.3. The Labute approximate surface area is 214 Å². The lowest BCUT2D eigenvalue weighted by Crippen LogP contribution is -2.48. The molecule has 2 aromatic carbocycles. The summed E-state index contributed by atoms with van der Waals surface area (Å²) in [6, 6.07) is 13.7. The maximum Gasteiger partial charge on any atom is 0.242 e. The number of hydrogen-bond donors (Lipinski definition) is 1. The molecule has 0 aliphatic carbocycles. The minimum Gasteiger partial charge on any atom is -0.354 e. The Balaban J connectivity index is 2.15. The minimum absolute atomic E-state index is 0.0975. The quantitative estimate of drug-likeness (QED) is 0.449. The van der Waals surface area contributed by atoms with Gasteiger partial charge in [0.25, 0.3) is 0 Å². The fraction of sp³-hybridized carbons (Fsp3) is 0.462. The summed E-state index contributed by atoms with van der Waals surface area (Å²) in [5.74, 6) is -0.173. The summed E-state index contributed by atoms with van der Waals surface area (Å²) in [6.07, 6.45) is 1.56. The average molecular weight is 522 g/mol. The van der Waals surface area contributed by atoms with E-state index in [2.05, 4.69) is 5.32 Å². The largest absolute Gasteiger partial charge is 0.354 e. The molecular weight excluding hydrogens is 486 g/mol. The lowest BCUT2D eigenvalue weighted by Gasteiger charge is -2.29. The highest BCUT2D eigenvalue weighted by Gasteiger charge is 2.26. The van der Waals surface area contributed by atoms with Crippen LogP contribution in [0.2, 0.25) is 5.02 Å². The number of carbonyl (C=O) groups excluding carboxylic acids is 2. The monoisotopic (exact) mass is 521 g/mol. The van der Waals surface area contributed by atoms with Crippen LogP contribution in [0.3, 0.4) is 0 Å². The van der Waals surface area contributed by atoms with Gasteiger partial charge < -0.3 is 10.2 Å². The van der Waals surface area contributed by atoms with Crippen molar-refractivity contribution in [1.82, 2.24) is 10.2 Å². The summed E-state index contributed by atoms with van der Waals surface area (Å²) in [4.78, 5) is 27.6. The molecule has 2 rings (SSSR count). The van der Waals surface area contributed by atoms with Gasteiger partial charge in [-0.3, -0.25) is 13.9 Å². The topological polar surface area (TPSA) is 86.8 Å². The highest BCUT2D eigenvalue weighted by molar-refractivity contribution is 7.92. The zero-order chi connectivity index (χ0) is 26.2. The van der Waals surface area contributed by atoms with Crippen molar-refractivity contribution in [3.8, 4) is 0 Å². The molecule has 1 N–H and O–H groups in total. The molecule has 9 heteroatoms. The van der Waals surface area contributed by atoms with Gasteiger partial charge in [0, 0.05) is 31.1 Å². The predicted molar refractivity (Wildman–Crippen MR) is 142 cm³/mol. The van der Waals surface area contributed by atoms with Crippen molar-refractivity contribution in [1.29, 1.82) is 0 Å². The van der Waals surface area contributed by atoms with E-state index in [9.17, 15) is 18.0 Å². The van der Waals surface area contributed by atoms with E-state index in [1.54, 1.807) is 37.3 Å². The molecule has 35 heavy (non-hydrogen) atoms. The van der Waals surface area contributed by atoms with Crippen LogP contribution in [-0.2, 0) is 26.2 Å². The van der Waals surface area contributed by atoms with Crippen LogP contribution in [0.4, 0.5) is 5.69 Å². The highest BCUT2D eigenvalue weighted by atomic mass is 35.5. The number of amides is 2. The molecule has 7 nitrogen and oxygen atoms in total. The summed E-state index contributed by atoms with van der Waals surface area (Å²) < 4.78 is 26.1. The van der Waals surface area contributed by atoms with E-state index in [1.807, 2.05) is 39.0 Å². The molecule has 0 bridgehead atoms. The Hall–Kier alpha value is -2.58. The van der Waals surface area contributed by atoms with Gasteiger partial charge >= 0.3 is 0 Å². The molecular formula is C26H36ClN3O4S. The zero-order valence-electron chi connectivity index (χ0n) is 21.1. The van der Waals surface area contributed by atoms with Crippen LogP contribution in [0.25, 0.3) is 0 Å². The fourth-order valence-corrected chi connectivity index (χ4v) is 4.76. The van der Waals surface area contributed by atoms with Gasteiger partial charge in [-0.15, -0.1) is 0 Å². The van der Waals surface area contributed by atoms with E-state index in [1.165, 1.54) is 9.21 Å². The van der Waals surface area contributed by atoms with Gasteiger partial charge in [0.05, 0.1) is 11.9 Å². The molecule has 0 unspecified atom stereocenters. The van der Waals surface area contributed by atoms with E-state index in [0.717, 1.165) is 17.4 Å². The SMILES string of the molecule is Cc1ccc(N(CCCC(=O)N(Cc2cccc(Cl)c2)[C@@H](C)C(=O)NCC(C)C)S(C)(=O)=O)cc1. The van der Waals surface area contributed by atoms with Crippen molar-refractivity contribution in [2.24, 2.45) is 5.92 Å². The van der Waals surface area contributed by atoms with Crippen LogP contribution >= 0.6 is 11.6 Å². The minimum atomic E-state index is -3.52. The number of aryl methyl sites for hydroxylation is 1. The molecule has 1 atom stereocenters. The molecule has 0 aromatic heterocycles. The summed E-state index contributed by atoms with van der Waals surface area (Å²) in [7, 11) is -3.52. The third-order valence-corrected chi connectivity index (χ3v) is 7.00. The lowest BCUT2D eigenvalue weighted by molar-refractivity contribution is -0.140. The molecule has 0 aliphatic rings. The van der Waals surface area contributed by atoms with Crippen LogP contribution in [0, 0.1) is 12.8 Å². The molecule has 0 spiro atoms. The number of anilines is 1. The van der Waals surface area contributed by atoms with E-state index in [4.69, 9.17) is 11.6 Å². The van der Waals surface area contributed by atoms with E-state index in [-0.39, 0.29) is 37.2 Å². The van der Waals surface area contributed by atoms with Gasteiger partial charge in [0.1, 0.15) is 6.04 Å².